The van der Waals surface area contributed by atoms with Gasteiger partial charge in [-0.25, -0.2) is 0 Å². The van der Waals surface area contributed by atoms with Gasteiger partial charge in [0.05, 0.1) is 10.6 Å². The number of nitrogen functional groups attached to an aromatic ring is 1. The molecule has 6 heteroatoms. The van der Waals surface area contributed by atoms with Gasteiger partial charge in [-0.1, -0.05) is 6.92 Å². The van der Waals surface area contributed by atoms with E-state index >= 15 is 0 Å². The number of Topliss-reactive ketones (excluding diaryl/α,β-unsaturated/α-hetero) is 1. The highest BCUT2D eigenvalue weighted by Crippen LogP contribution is 2.38. The van der Waals surface area contributed by atoms with Crippen molar-refractivity contribution in [2.45, 2.75) is 26.2 Å². The fraction of sp³-hybridized carbons (Fsp3) is 0.600. The minimum atomic E-state index is -0.000263. The van der Waals surface area contributed by atoms with Crippen molar-refractivity contribution in [2.24, 2.45) is 5.92 Å². The number of hydrogen-bond acceptors (Lipinski definition) is 6. The Morgan fingerprint density at radius 1 is 1.52 bits per heavy atom. The van der Waals surface area contributed by atoms with Crippen LogP contribution in [0.1, 0.15) is 41.4 Å². The first-order valence-electron chi connectivity index (χ1n) is 7.22. The Kier molecular flexibility index (Phi) is 5.21. The van der Waals surface area contributed by atoms with E-state index in [0.29, 0.717) is 28.5 Å². The number of rotatable bonds is 5. The number of carbonyl (C=O) groups is 1. The predicted octanol–water partition coefficient (Wildman–Crippen LogP) is 2.66. The lowest BCUT2D eigenvalue weighted by Crippen LogP contribution is -2.29. The summed E-state index contributed by atoms with van der Waals surface area (Å²) in [6.45, 7) is 4.27. The van der Waals surface area contributed by atoms with Crippen LogP contribution in [0.2, 0.25) is 0 Å². The Balaban J connectivity index is 2.21. The second kappa shape index (κ2) is 6.92. The highest BCUT2D eigenvalue weighted by Gasteiger charge is 2.24. The molecule has 5 nitrogen and oxygen atoms in total. The van der Waals surface area contributed by atoms with Gasteiger partial charge in [0, 0.05) is 33.2 Å². The number of anilines is 2. The predicted molar refractivity (Wildman–Crippen MR) is 84.9 cm³/mol. The molecule has 21 heavy (non-hydrogen) atoms. The normalized spacial score (nSPS) is 15.7. The molecule has 0 atom stereocenters. The SMILES string of the molecule is CCC(=O)c1sc(N(C)CC2CCOCC2)c(C#N)c1N. The third-order valence-electron chi connectivity index (χ3n) is 3.83. The van der Waals surface area contributed by atoms with Crippen molar-refractivity contribution in [3.8, 4) is 6.07 Å². The lowest BCUT2D eigenvalue weighted by Gasteiger charge is -2.27. The zero-order valence-corrected chi connectivity index (χ0v) is 13.3. The van der Waals surface area contributed by atoms with E-state index < -0.39 is 0 Å². The van der Waals surface area contributed by atoms with Gasteiger partial charge in [-0.2, -0.15) is 5.26 Å². The molecule has 0 radical (unpaired) electrons. The molecule has 1 fully saturated rings. The zero-order chi connectivity index (χ0) is 15.4. The second-order valence-corrected chi connectivity index (χ2v) is 6.35. The molecule has 2 rings (SSSR count). The summed E-state index contributed by atoms with van der Waals surface area (Å²) in [5, 5.41) is 10.1. The first kappa shape index (κ1) is 15.8. The summed E-state index contributed by atoms with van der Waals surface area (Å²) in [4.78, 5) is 14.5. The average molecular weight is 307 g/mol. The van der Waals surface area contributed by atoms with Gasteiger partial charge < -0.3 is 15.4 Å². The van der Waals surface area contributed by atoms with Crippen molar-refractivity contribution in [1.82, 2.24) is 0 Å². The molecular formula is C15H21N3O2S. The van der Waals surface area contributed by atoms with Crippen LogP contribution in [0.5, 0.6) is 0 Å². The molecule has 0 unspecified atom stereocenters. The van der Waals surface area contributed by atoms with E-state index in [1.54, 1.807) is 6.92 Å². The van der Waals surface area contributed by atoms with E-state index in [1.807, 2.05) is 7.05 Å². The van der Waals surface area contributed by atoms with E-state index in [0.717, 1.165) is 37.6 Å². The van der Waals surface area contributed by atoms with Crippen molar-refractivity contribution < 1.29 is 9.53 Å². The van der Waals surface area contributed by atoms with Crippen LogP contribution in [-0.4, -0.2) is 32.6 Å². The lowest BCUT2D eigenvalue weighted by atomic mass is 10.00. The quantitative estimate of drug-likeness (QED) is 0.846. The maximum atomic E-state index is 11.9. The maximum Gasteiger partial charge on any atom is 0.174 e. The smallest absolute Gasteiger partial charge is 0.174 e. The zero-order valence-electron chi connectivity index (χ0n) is 12.5. The summed E-state index contributed by atoms with van der Waals surface area (Å²) < 4.78 is 5.37. The third kappa shape index (κ3) is 3.36. The number of nitrogens with two attached hydrogens (primary N) is 1. The van der Waals surface area contributed by atoms with E-state index in [2.05, 4.69) is 11.0 Å². The average Bonchev–Trinajstić information content (AvgIpc) is 2.84. The van der Waals surface area contributed by atoms with Crippen molar-refractivity contribution in [3.05, 3.63) is 10.4 Å². The molecule has 1 aliphatic heterocycles. The number of hydrogen-bond donors (Lipinski definition) is 1. The standard InChI is InChI=1S/C15H21N3O2S/c1-3-12(19)14-13(17)11(8-16)15(21-14)18(2)9-10-4-6-20-7-5-10/h10H,3-7,9,17H2,1-2H3. The summed E-state index contributed by atoms with van der Waals surface area (Å²) in [6.07, 6.45) is 2.47. The molecule has 1 saturated heterocycles. The van der Waals surface area contributed by atoms with Gasteiger partial charge in [-0.15, -0.1) is 11.3 Å². The third-order valence-corrected chi connectivity index (χ3v) is 5.19. The minimum absolute atomic E-state index is 0.000263. The number of nitrogens with zero attached hydrogens (tertiary/aromatic N) is 2. The summed E-state index contributed by atoms with van der Waals surface area (Å²) in [6, 6.07) is 2.15. The van der Waals surface area contributed by atoms with Crippen molar-refractivity contribution in [3.63, 3.8) is 0 Å². The van der Waals surface area contributed by atoms with Crippen LogP contribution in [0, 0.1) is 17.2 Å². The fourth-order valence-corrected chi connectivity index (χ4v) is 3.73. The molecule has 2 heterocycles. The summed E-state index contributed by atoms with van der Waals surface area (Å²) >= 11 is 1.34. The molecule has 0 bridgehead atoms. The fourth-order valence-electron chi connectivity index (χ4n) is 2.58. The number of carbonyl (C=O) groups excluding carboxylic acids is 1. The lowest BCUT2D eigenvalue weighted by molar-refractivity contribution is 0.0685. The van der Waals surface area contributed by atoms with Gasteiger partial charge in [0.25, 0.3) is 0 Å². The first-order valence-corrected chi connectivity index (χ1v) is 8.04. The number of thiophene rings is 1. The van der Waals surface area contributed by atoms with E-state index in [4.69, 9.17) is 10.5 Å². The molecule has 0 amide bonds. The Morgan fingerprint density at radius 3 is 2.76 bits per heavy atom. The van der Waals surface area contributed by atoms with Gasteiger partial charge in [-0.05, 0) is 18.8 Å². The van der Waals surface area contributed by atoms with Crippen LogP contribution in [0.25, 0.3) is 0 Å². The Hall–Kier alpha value is -1.58. The van der Waals surface area contributed by atoms with Crippen LogP contribution in [-0.2, 0) is 4.74 Å². The Morgan fingerprint density at radius 2 is 2.19 bits per heavy atom. The van der Waals surface area contributed by atoms with Crippen LogP contribution in [0.3, 0.4) is 0 Å². The number of ketones is 1. The van der Waals surface area contributed by atoms with Crippen LogP contribution < -0.4 is 10.6 Å². The molecule has 0 saturated carbocycles. The molecule has 1 aromatic heterocycles. The van der Waals surface area contributed by atoms with Gasteiger partial charge in [-0.3, -0.25) is 4.79 Å². The van der Waals surface area contributed by atoms with E-state index in [1.165, 1.54) is 11.3 Å². The molecular weight excluding hydrogens is 286 g/mol. The Labute approximate surface area is 129 Å². The molecule has 1 aromatic rings. The van der Waals surface area contributed by atoms with Crippen LogP contribution in [0.15, 0.2) is 0 Å². The highest BCUT2D eigenvalue weighted by atomic mass is 32.1. The molecule has 2 N–H and O–H groups in total. The van der Waals surface area contributed by atoms with E-state index in [-0.39, 0.29) is 5.78 Å². The monoisotopic (exact) mass is 307 g/mol. The van der Waals surface area contributed by atoms with Crippen LogP contribution >= 0.6 is 11.3 Å². The number of ether oxygens (including phenoxy) is 1. The largest absolute Gasteiger partial charge is 0.396 e. The first-order chi connectivity index (χ1) is 10.1. The van der Waals surface area contributed by atoms with Gasteiger partial charge >= 0.3 is 0 Å². The molecule has 0 aliphatic carbocycles. The highest BCUT2D eigenvalue weighted by molar-refractivity contribution is 7.19. The molecule has 114 valence electrons. The van der Waals surface area contributed by atoms with Gasteiger partial charge in [0.1, 0.15) is 16.6 Å². The topological polar surface area (TPSA) is 79.3 Å². The van der Waals surface area contributed by atoms with Crippen molar-refractivity contribution in [1.29, 1.82) is 5.26 Å². The minimum Gasteiger partial charge on any atom is -0.396 e. The molecule has 0 aromatic carbocycles. The van der Waals surface area contributed by atoms with Gasteiger partial charge in [0.15, 0.2) is 5.78 Å². The number of nitriles is 1. The van der Waals surface area contributed by atoms with Crippen LogP contribution in [0.4, 0.5) is 10.7 Å². The summed E-state index contributed by atoms with van der Waals surface area (Å²) in [5.41, 5.74) is 6.76. The van der Waals surface area contributed by atoms with E-state index in [9.17, 15) is 10.1 Å². The van der Waals surface area contributed by atoms with Gasteiger partial charge in [0.2, 0.25) is 0 Å². The van der Waals surface area contributed by atoms with Crippen molar-refractivity contribution >= 4 is 27.8 Å². The molecule has 0 spiro atoms. The summed E-state index contributed by atoms with van der Waals surface area (Å²) in [5.74, 6) is 0.559. The Bertz CT molecular complexity index is 556. The molecule has 1 aliphatic rings. The summed E-state index contributed by atoms with van der Waals surface area (Å²) in [7, 11) is 1.96. The van der Waals surface area contributed by atoms with Crippen molar-refractivity contribution in [2.75, 3.05) is 37.4 Å². The maximum absolute atomic E-state index is 11.9. The second-order valence-electron chi connectivity index (χ2n) is 5.35.